The molecule has 6 heteroatoms. The minimum Gasteiger partial charge on any atom is -0.356 e. The molecular weight excluding hydrogens is 264 g/mol. The predicted octanol–water partition coefficient (Wildman–Crippen LogP) is 1.51. The number of guanidine groups is 1. The Morgan fingerprint density at radius 3 is 2.81 bits per heavy atom. The van der Waals surface area contributed by atoms with Crippen molar-refractivity contribution >= 4 is 5.96 Å². The summed E-state index contributed by atoms with van der Waals surface area (Å²) in [5, 5.41) is 14.5. The molecule has 21 heavy (non-hydrogen) atoms. The van der Waals surface area contributed by atoms with Crippen molar-refractivity contribution in [3.8, 4) is 6.19 Å². The lowest BCUT2D eigenvalue weighted by Gasteiger charge is -2.08. The molecule has 0 saturated heterocycles. The van der Waals surface area contributed by atoms with Gasteiger partial charge in [-0.3, -0.25) is 10.3 Å². The zero-order chi connectivity index (χ0) is 15.2. The molecule has 0 fully saturated rings. The van der Waals surface area contributed by atoms with Crippen molar-refractivity contribution in [1.82, 2.24) is 15.6 Å². The number of aromatic nitrogens is 1. The Balaban J connectivity index is 2.25. The first-order chi connectivity index (χ1) is 10.4. The number of nitriles is 1. The molecule has 0 unspecified atom stereocenters. The summed E-state index contributed by atoms with van der Waals surface area (Å²) in [7, 11) is 0. The van der Waals surface area contributed by atoms with Gasteiger partial charge >= 0.3 is 0 Å². The first-order valence-corrected chi connectivity index (χ1v) is 7.39. The Labute approximate surface area is 126 Å². The Morgan fingerprint density at radius 2 is 2.10 bits per heavy atom. The minimum atomic E-state index is 0.501. The van der Waals surface area contributed by atoms with Crippen LogP contribution in [0.15, 0.2) is 29.5 Å². The normalized spacial score (nSPS) is 11.0. The standard InChI is InChI=1S/C15H24N6/c16-8-4-2-1-3-5-10-19-15(21-13-17)20-12-14-7-6-9-18-11-14/h6-7,9,11H,1-5,8,10,12,16H2,(H2,19,20,21). The molecule has 0 saturated carbocycles. The van der Waals surface area contributed by atoms with Gasteiger partial charge in [-0.05, 0) is 31.0 Å². The fourth-order valence-electron chi connectivity index (χ4n) is 1.86. The highest BCUT2D eigenvalue weighted by Crippen LogP contribution is 2.01. The first-order valence-electron chi connectivity index (χ1n) is 7.39. The van der Waals surface area contributed by atoms with Gasteiger partial charge in [0.25, 0.3) is 0 Å². The molecule has 0 aliphatic rings. The molecule has 0 aliphatic heterocycles. The lowest BCUT2D eigenvalue weighted by molar-refractivity contribution is 0.610. The molecule has 0 amide bonds. The SMILES string of the molecule is N#CNC(=NCc1cccnc1)NCCCCCCCN. The molecule has 114 valence electrons. The Kier molecular flexibility index (Phi) is 9.41. The van der Waals surface area contributed by atoms with E-state index in [9.17, 15) is 0 Å². The number of aliphatic imine (C=N–C) groups is 1. The van der Waals surface area contributed by atoms with E-state index in [1.54, 1.807) is 12.4 Å². The second-order valence-electron chi connectivity index (χ2n) is 4.75. The fourth-order valence-corrected chi connectivity index (χ4v) is 1.86. The average molecular weight is 288 g/mol. The van der Waals surface area contributed by atoms with Gasteiger partial charge in [0, 0.05) is 18.9 Å². The third-order valence-corrected chi connectivity index (χ3v) is 2.99. The average Bonchev–Trinajstić information content (AvgIpc) is 2.52. The van der Waals surface area contributed by atoms with Gasteiger partial charge in [-0.1, -0.05) is 25.3 Å². The molecule has 1 aromatic rings. The lowest BCUT2D eigenvalue weighted by Crippen LogP contribution is -2.35. The maximum absolute atomic E-state index is 8.73. The number of hydrogen-bond acceptors (Lipinski definition) is 4. The second kappa shape index (κ2) is 11.7. The number of unbranched alkanes of at least 4 members (excludes halogenated alkanes) is 4. The first kappa shape index (κ1) is 16.9. The number of rotatable bonds is 9. The van der Waals surface area contributed by atoms with Gasteiger partial charge in [-0.25, -0.2) is 4.99 Å². The minimum absolute atomic E-state index is 0.501. The summed E-state index contributed by atoms with van der Waals surface area (Å²) in [4.78, 5) is 8.38. The predicted molar refractivity (Wildman–Crippen MR) is 84.3 cm³/mol. The molecule has 0 aromatic carbocycles. The largest absolute Gasteiger partial charge is 0.356 e. The van der Waals surface area contributed by atoms with Crippen LogP contribution in [0.3, 0.4) is 0 Å². The summed E-state index contributed by atoms with van der Waals surface area (Å²) < 4.78 is 0. The van der Waals surface area contributed by atoms with Crippen LogP contribution in [0.5, 0.6) is 0 Å². The number of hydrogen-bond donors (Lipinski definition) is 3. The molecule has 1 heterocycles. The van der Waals surface area contributed by atoms with E-state index in [0.717, 1.165) is 37.9 Å². The van der Waals surface area contributed by atoms with E-state index in [0.29, 0.717) is 12.5 Å². The van der Waals surface area contributed by atoms with Gasteiger partial charge in [0.05, 0.1) is 6.54 Å². The summed E-state index contributed by atoms with van der Waals surface area (Å²) in [5.41, 5.74) is 6.46. The summed E-state index contributed by atoms with van der Waals surface area (Å²) in [6.07, 6.45) is 11.1. The maximum Gasteiger partial charge on any atom is 0.205 e. The van der Waals surface area contributed by atoms with Crippen LogP contribution in [-0.2, 0) is 6.54 Å². The van der Waals surface area contributed by atoms with Crippen LogP contribution in [0.1, 0.15) is 37.7 Å². The Hall–Kier alpha value is -2.13. The number of nitrogens with two attached hydrogens (primary N) is 1. The van der Waals surface area contributed by atoms with Crippen LogP contribution >= 0.6 is 0 Å². The van der Waals surface area contributed by atoms with Gasteiger partial charge in [0.15, 0.2) is 6.19 Å². The highest BCUT2D eigenvalue weighted by atomic mass is 15.2. The summed E-state index contributed by atoms with van der Waals surface area (Å²) in [5.74, 6) is 0.517. The van der Waals surface area contributed by atoms with E-state index in [-0.39, 0.29) is 0 Å². The van der Waals surface area contributed by atoms with E-state index in [4.69, 9.17) is 11.0 Å². The van der Waals surface area contributed by atoms with Crippen LogP contribution in [0.4, 0.5) is 0 Å². The zero-order valence-corrected chi connectivity index (χ0v) is 12.4. The highest BCUT2D eigenvalue weighted by molar-refractivity contribution is 5.81. The van der Waals surface area contributed by atoms with Crippen LogP contribution in [0.25, 0.3) is 0 Å². The Bertz CT molecular complexity index is 437. The molecule has 0 aliphatic carbocycles. The van der Waals surface area contributed by atoms with Crippen LogP contribution in [0.2, 0.25) is 0 Å². The second-order valence-corrected chi connectivity index (χ2v) is 4.75. The van der Waals surface area contributed by atoms with Crippen molar-refractivity contribution in [2.24, 2.45) is 10.7 Å². The lowest BCUT2D eigenvalue weighted by atomic mass is 10.1. The van der Waals surface area contributed by atoms with E-state index < -0.39 is 0 Å². The molecule has 4 N–H and O–H groups in total. The van der Waals surface area contributed by atoms with E-state index >= 15 is 0 Å². The van der Waals surface area contributed by atoms with E-state index in [2.05, 4.69) is 20.6 Å². The number of nitrogens with one attached hydrogen (secondary N) is 2. The van der Waals surface area contributed by atoms with Crippen molar-refractivity contribution in [3.63, 3.8) is 0 Å². The van der Waals surface area contributed by atoms with Crippen molar-refractivity contribution in [1.29, 1.82) is 5.26 Å². The topological polar surface area (TPSA) is 99.1 Å². The van der Waals surface area contributed by atoms with Gasteiger partial charge < -0.3 is 11.1 Å². The number of pyridine rings is 1. The fraction of sp³-hybridized carbons (Fsp3) is 0.533. The Morgan fingerprint density at radius 1 is 1.29 bits per heavy atom. The molecule has 0 spiro atoms. The van der Waals surface area contributed by atoms with Gasteiger partial charge in [0.2, 0.25) is 5.96 Å². The van der Waals surface area contributed by atoms with Gasteiger partial charge in [-0.15, -0.1) is 0 Å². The number of nitrogens with zero attached hydrogens (tertiary/aromatic N) is 3. The summed E-state index contributed by atoms with van der Waals surface area (Å²) in [6.45, 7) is 2.08. The molecule has 0 bridgehead atoms. The molecule has 0 radical (unpaired) electrons. The van der Waals surface area contributed by atoms with Gasteiger partial charge in [-0.2, -0.15) is 5.26 Å². The molecule has 0 atom stereocenters. The summed E-state index contributed by atoms with van der Waals surface area (Å²) in [6, 6.07) is 3.83. The quantitative estimate of drug-likeness (QED) is 0.210. The molecule has 1 aromatic heterocycles. The maximum atomic E-state index is 8.73. The third-order valence-electron chi connectivity index (χ3n) is 2.99. The third kappa shape index (κ3) is 8.60. The monoisotopic (exact) mass is 288 g/mol. The van der Waals surface area contributed by atoms with E-state index in [1.165, 1.54) is 12.8 Å². The molecule has 6 nitrogen and oxygen atoms in total. The van der Waals surface area contributed by atoms with Crippen LogP contribution in [-0.4, -0.2) is 24.0 Å². The van der Waals surface area contributed by atoms with Crippen molar-refractivity contribution in [2.75, 3.05) is 13.1 Å². The van der Waals surface area contributed by atoms with Crippen molar-refractivity contribution in [3.05, 3.63) is 30.1 Å². The van der Waals surface area contributed by atoms with Gasteiger partial charge in [0.1, 0.15) is 0 Å². The van der Waals surface area contributed by atoms with Crippen molar-refractivity contribution < 1.29 is 0 Å². The molecular formula is C15H24N6. The molecule has 1 rings (SSSR count). The van der Waals surface area contributed by atoms with Crippen LogP contribution < -0.4 is 16.4 Å². The zero-order valence-electron chi connectivity index (χ0n) is 12.4. The smallest absolute Gasteiger partial charge is 0.205 e. The van der Waals surface area contributed by atoms with E-state index in [1.807, 2.05) is 18.3 Å². The van der Waals surface area contributed by atoms with Crippen molar-refractivity contribution in [2.45, 2.75) is 38.6 Å². The summed E-state index contributed by atoms with van der Waals surface area (Å²) >= 11 is 0. The highest BCUT2D eigenvalue weighted by Gasteiger charge is 1.98. The van der Waals surface area contributed by atoms with Crippen LogP contribution in [0, 0.1) is 11.5 Å².